The number of benzene rings is 1. The molecule has 0 aliphatic carbocycles. The second-order valence-electron chi connectivity index (χ2n) is 5.45. The molecule has 1 aromatic carbocycles. The lowest BCUT2D eigenvalue weighted by atomic mass is 9.92. The summed E-state index contributed by atoms with van der Waals surface area (Å²) in [5.74, 6) is -0.269. The van der Waals surface area contributed by atoms with Gasteiger partial charge in [0.05, 0.1) is 12.5 Å². The van der Waals surface area contributed by atoms with Crippen LogP contribution in [0.15, 0.2) is 18.2 Å². The molecule has 2 atom stereocenters. The van der Waals surface area contributed by atoms with Crippen molar-refractivity contribution in [3.8, 4) is 0 Å². The number of carbonyl (C=O) groups excluding carboxylic acids is 1. The van der Waals surface area contributed by atoms with E-state index >= 15 is 0 Å². The van der Waals surface area contributed by atoms with Gasteiger partial charge in [0.15, 0.2) is 0 Å². The van der Waals surface area contributed by atoms with Crippen molar-refractivity contribution >= 4 is 11.6 Å². The van der Waals surface area contributed by atoms with Gasteiger partial charge in [-0.15, -0.1) is 0 Å². The number of hydrogen-bond acceptors (Lipinski definition) is 3. The van der Waals surface area contributed by atoms with Crippen LogP contribution in [0.25, 0.3) is 0 Å². The third-order valence-corrected chi connectivity index (χ3v) is 4.11. The van der Waals surface area contributed by atoms with E-state index in [4.69, 9.17) is 5.73 Å². The lowest BCUT2D eigenvalue weighted by molar-refractivity contribution is -0.122. The van der Waals surface area contributed by atoms with Gasteiger partial charge in [0, 0.05) is 18.3 Å². The first-order valence-corrected chi connectivity index (χ1v) is 6.79. The number of aliphatic hydroxyl groups excluding tert-OH is 1. The third kappa shape index (κ3) is 2.89. The van der Waals surface area contributed by atoms with Crippen molar-refractivity contribution in [2.45, 2.75) is 39.3 Å². The summed E-state index contributed by atoms with van der Waals surface area (Å²) < 4.78 is 0. The summed E-state index contributed by atoms with van der Waals surface area (Å²) in [5, 5.41) is 9.21. The van der Waals surface area contributed by atoms with E-state index in [1.165, 1.54) is 0 Å². The van der Waals surface area contributed by atoms with Gasteiger partial charge < -0.3 is 15.7 Å². The van der Waals surface area contributed by atoms with Crippen molar-refractivity contribution < 1.29 is 9.90 Å². The maximum absolute atomic E-state index is 11.4. The second-order valence-corrected chi connectivity index (χ2v) is 5.45. The van der Waals surface area contributed by atoms with Gasteiger partial charge in [-0.25, -0.2) is 0 Å². The van der Waals surface area contributed by atoms with E-state index in [1.807, 2.05) is 19.1 Å². The van der Waals surface area contributed by atoms with E-state index in [0.29, 0.717) is 12.6 Å². The second kappa shape index (κ2) is 5.61. The zero-order valence-corrected chi connectivity index (χ0v) is 11.6. The van der Waals surface area contributed by atoms with Crippen LogP contribution >= 0.6 is 0 Å². The molecule has 0 saturated carbocycles. The zero-order valence-electron chi connectivity index (χ0n) is 11.6. The Morgan fingerprint density at radius 2 is 2.21 bits per heavy atom. The van der Waals surface area contributed by atoms with Gasteiger partial charge in [-0.2, -0.15) is 0 Å². The Hall–Kier alpha value is -1.55. The average Bonchev–Trinajstić information content (AvgIpc) is 2.38. The van der Waals surface area contributed by atoms with Crippen molar-refractivity contribution in [1.82, 2.24) is 0 Å². The summed E-state index contributed by atoms with van der Waals surface area (Å²) in [4.78, 5) is 13.6. The fraction of sp³-hybridized carbons (Fsp3) is 0.533. The molecule has 1 fully saturated rings. The number of nitrogens with two attached hydrogens (primary N) is 1. The number of nitrogens with zero attached hydrogens (tertiary/aromatic N) is 1. The molecule has 1 aromatic rings. The summed E-state index contributed by atoms with van der Waals surface area (Å²) in [6.45, 7) is 4.92. The first kappa shape index (κ1) is 13.9. The summed E-state index contributed by atoms with van der Waals surface area (Å²) in [5.41, 5.74) is 8.56. The van der Waals surface area contributed by atoms with Gasteiger partial charge in [-0.1, -0.05) is 6.07 Å². The van der Waals surface area contributed by atoms with Crippen LogP contribution in [0.3, 0.4) is 0 Å². The minimum atomic E-state index is -0.208. The van der Waals surface area contributed by atoms with Gasteiger partial charge in [0.2, 0.25) is 5.91 Å². The Bertz CT molecular complexity index is 473. The number of anilines is 1. The normalized spacial score (nSPS) is 23.4. The number of piperidine rings is 1. The number of carbonyl (C=O) groups is 1. The highest BCUT2D eigenvalue weighted by molar-refractivity contribution is 5.77. The first-order valence-electron chi connectivity index (χ1n) is 6.79. The van der Waals surface area contributed by atoms with E-state index in [-0.39, 0.29) is 18.4 Å². The van der Waals surface area contributed by atoms with Crippen LogP contribution in [0.2, 0.25) is 0 Å². The van der Waals surface area contributed by atoms with Crippen LogP contribution in [0.5, 0.6) is 0 Å². The highest BCUT2D eigenvalue weighted by Gasteiger charge is 2.28. The molecule has 104 valence electrons. The minimum Gasteiger partial charge on any atom is -0.392 e. The highest BCUT2D eigenvalue weighted by Crippen LogP contribution is 2.29. The highest BCUT2D eigenvalue weighted by atomic mass is 16.3. The average molecular weight is 262 g/mol. The van der Waals surface area contributed by atoms with Crippen molar-refractivity contribution in [3.05, 3.63) is 29.3 Å². The van der Waals surface area contributed by atoms with Crippen LogP contribution < -0.4 is 10.6 Å². The fourth-order valence-electron chi connectivity index (χ4n) is 2.74. The van der Waals surface area contributed by atoms with Crippen LogP contribution in [0, 0.1) is 12.8 Å². The van der Waals surface area contributed by atoms with Crippen molar-refractivity contribution in [1.29, 1.82) is 0 Å². The molecule has 1 aliphatic heterocycles. The smallest absolute Gasteiger partial charge is 0.222 e. The lowest BCUT2D eigenvalue weighted by Gasteiger charge is -2.39. The minimum absolute atomic E-state index is 0.0611. The van der Waals surface area contributed by atoms with Crippen LogP contribution in [-0.2, 0) is 11.4 Å². The standard InChI is InChI=1S/C15H22N2O2/c1-10-7-14(6-5-13(10)9-18)17-8-12(15(16)19)4-3-11(17)2/h5-7,11-12,18H,3-4,8-9H2,1-2H3,(H2,16,19). The van der Waals surface area contributed by atoms with Gasteiger partial charge in [0.1, 0.15) is 0 Å². The third-order valence-electron chi connectivity index (χ3n) is 4.11. The van der Waals surface area contributed by atoms with E-state index in [0.717, 1.165) is 29.7 Å². The monoisotopic (exact) mass is 262 g/mol. The molecule has 1 heterocycles. The molecule has 3 N–H and O–H groups in total. The molecule has 0 bridgehead atoms. The van der Waals surface area contributed by atoms with Crippen molar-refractivity contribution in [2.24, 2.45) is 11.7 Å². The van der Waals surface area contributed by atoms with E-state index in [9.17, 15) is 9.90 Å². The molecule has 0 spiro atoms. The Morgan fingerprint density at radius 1 is 1.47 bits per heavy atom. The number of primary amides is 1. The largest absolute Gasteiger partial charge is 0.392 e. The molecule has 2 unspecified atom stereocenters. The molecule has 4 heteroatoms. The van der Waals surface area contributed by atoms with Crippen LogP contribution in [0.4, 0.5) is 5.69 Å². The molecule has 1 saturated heterocycles. The molecule has 0 aromatic heterocycles. The predicted octanol–water partition coefficient (Wildman–Crippen LogP) is 1.58. The number of amides is 1. The molecule has 2 rings (SSSR count). The van der Waals surface area contributed by atoms with Gasteiger partial charge in [-0.05, 0) is 49.9 Å². The number of hydrogen-bond donors (Lipinski definition) is 2. The maximum Gasteiger partial charge on any atom is 0.222 e. The van der Waals surface area contributed by atoms with E-state index in [1.54, 1.807) is 0 Å². The molecule has 4 nitrogen and oxygen atoms in total. The summed E-state index contributed by atoms with van der Waals surface area (Å²) in [6, 6.07) is 6.45. The SMILES string of the molecule is Cc1cc(N2CC(C(N)=O)CCC2C)ccc1CO. The lowest BCUT2D eigenvalue weighted by Crippen LogP contribution is -2.45. The number of aliphatic hydroxyl groups is 1. The van der Waals surface area contributed by atoms with Crippen LogP contribution in [0.1, 0.15) is 30.9 Å². The van der Waals surface area contributed by atoms with E-state index < -0.39 is 0 Å². The molecular formula is C15H22N2O2. The number of rotatable bonds is 3. The van der Waals surface area contributed by atoms with Gasteiger partial charge in [-0.3, -0.25) is 4.79 Å². The molecule has 1 aliphatic rings. The Kier molecular flexibility index (Phi) is 4.10. The Labute approximate surface area is 114 Å². The van der Waals surface area contributed by atoms with E-state index in [2.05, 4.69) is 17.9 Å². The quantitative estimate of drug-likeness (QED) is 0.869. The van der Waals surface area contributed by atoms with Crippen molar-refractivity contribution in [3.63, 3.8) is 0 Å². The Balaban J connectivity index is 2.23. The Morgan fingerprint density at radius 3 is 2.79 bits per heavy atom. The summed E-state index contributed by atoms with van der Waals surface area (Å²) >= 11 is 0. The summed E-state index contributed by atoms with van der Waals surface area (Å²) in [7, 11) is 0. The fourth-order valence-corrected chi connectivity index (χ4v) is 2.74. The zero-order chi connectivity index (χ0) is 14.0. The first-order chi connectivity index (χ1) is 9.02. The number of aryl methyl sites for hydroxylation is 1. The van der Waals surface area contributed by atoms with Crippen molar-refractivity contribution in [2.75, 3.05) is 11.4 Å². The van der Waals surface area contributed by atoms with Crippen LogP contribution in [-0.4, -0.2) is 23.6 Å². The molecule has 1 amide bonds. The van der Waals surface area contributed by atoms with Gasteiger partial charge in [0.25, 0.3) is 0 Å². The molecule has 0 radical (unpaired) electrons. The topological polar surface area (TPSA) is 66.6 Å². The maximum atomic E-state index is 11.4. The molecular weight excluding hydrogens is 240 g/mol. The van der Waals surface area contributed by atoms with Gasteiger partial charge >= 0.3 is 0 Å². The molecule has 19 heavy (non-hydrogen) atoms. The summed E-state index contributed by atoms with van der Waals surface area (Å²) in [6.07, 6.45) is 1.86. The predicted molar refractivity (Wildman–Crippen MR) is 75.8 cm³/mol.